The zero-order valence-corrected chi connectivity index (χ0v) is 18.7. The first-order chi connectivity index (χ1) is 11.4. The van der Waals surface area contributed by atoms with Gasteiger partial charge in [0.2, 0.25) is 10.0 Å². The van der Waals surface area contributed by atoms with E-state index < -0.39 is 16.1 Å². The Balaban J connectivity index is 0.00000312. The molecule has 3 N–H and O–H groups in total. The van der Waals surface area contributed by atoms with Crippen LogP contribution in [0.4, 0.5) is 0 Å². The maximum absolute atomic E-state index is 11.7. The van der Waals surface area contributed by atoms with Gasteiger partial charge in [-0.25, -0.2) is 12.7 Å². The molecule has 0 radical (unpaired) electrons. The first-order valence-electron chi connectivity index (χ1n) is 7.85. The monoisotopic (exact) mass is 522 g/mol. The first kappa shape index (κ1) is 22.9. The van der Waals surface area contributed by atoms with Gasteiger partial charge in [0.15, 0.2) is 5.96 Å². The Hall–Kier alpha value is -0.140. The van der Waals surface area contributed by atoms with E-state index in [0.717, 1.165) is 4.88 Å². The molecule has 2 heterocycles. The van der Waals surface area contributed by atoms with Crippen molar-refractivity contribution in [3.63, 3.8) is 0 Å². The molecule has 0 spiro atoms. The van der Waals surface area contributed by atoms with Crippen molar-refractivity contribution < 1.29 is 13.5 Å². The van der Waals surface area contributed by atoms with E-state index in [1.807, 2.05) is 6.92 Å². The summed E-state index contributed by atoms with van der Waals surface area (Å²) in [5.74, 6) is 0.785. The van der Waals surface area contributed by atoms with Crippen molar-refractivity contribution in [2.24, 2.45) is 4.99 Å². The van der Waals surface area contributed by atoms with Crippen LogP contribution in [0.1, 0.15) is 24.3 Å². The molecule has 0 aromatic carbocycles. The third-order valence-electron chi connectivity index (χ3n) is 3.55. The van der Waals surface area contributed by atoms with Gasteiger partial charge in [-0.15, -0.1) is 35.3 Å². The maximum Gasteiger partial charge on any atom is 0.214 e. The minimum atomic E-state index is -3.07. The smallest absolute Gasteiger partial charge is 0.214 e. The number of aliphatic imine (C=N–C) groups is 1. The molecule has 11 heteroatoms. The molecule has 1 atom stereocenters. The summed E-state index contributed by atoms with van der Waals surface area (Å²) in [5.41, 5.74) is 0. The zero-order chi connectivity index (χ0) is 17.6. The van der Waals surface area contributed by atoms with E-state index in [1.54, 1.807) is 12.1 Å². The first-order valence-corrected chi connectivity index (χ1v) is 10.7. The minimum absolute atomic E-state index is 0. The second kappa shape index (κ2) is 10.9. The third-order valence-corrected chi connectivity index (χ3v) is 6.83. The van der Waals surface area contributed by atoms with Crippen LogP contribution in [0, 0.1) is 0 Å². The van der Waals surface area contributed by atoms with Gasteiger partial charge in [0.25, 0.3) is 0 Å². The number of hydrogen-bond acceptors (Lipinski definition) is 5. The highest BCUT2D eigenvalue weighted by molar-refractivity contribution is 14.0. The molecular weight excluding hydrogens is 499 g/mol. The van der Waals surface area contributed by atoms with Crippen LogP contribution < -0.4 is 10.6 Å². The van der Waals surface area contributed by atoms with E-state index in [0.29, 0.717) is 42.9 Å². The van der Waals surface area contributed by atoms with Gasteiger partial charge >= 0.3 is 0 Å². The van der Waals surface area contributed by atoms with Crippen molar-refractivity contribution >= 4 is 62.9 Å². The molecule has 0 amide bonds. The third kappa shape index (κ3) is 7.18. The van der Waals surface area contributed by atoms with Gasteiger partial charge in [0.05, 0.1) is 16.6 Å². The van der Waals surface area contributed by atoms with E-state index in [9.17, 15) is 13.5 Å². The molecule has 1 aliphatic rings. The molecule has 1 unspecified atom stereocenters. The summed E-state index contributed by atoms with van der Waals surface area (Å²) in [6.07, 6.45) is -0.0246. The Morgan fingerprint density at radius 1 is 1.48 bits per heavy atom. The SMILES string of the molecule is CCNC(=NCC(O)c1ccc(Cl)s1)NCCN1CCCS1(=O)=O.I. The lowest BCUT2D eigenvalue weighted by Gasteiger charge is -2.16. The van der Waals surface area contributed by atoms with Crippen molar-refractivity contribution in [2.75, 3.05) is 38.5 Å². The normalized spacial score (nSPS) is 18.6. The molecule has 7 nitrogen and oxygen atoms in total. The molecule has 1 fully saturated rings. The van der Waals surface area contributed by atoms with Crippen LogP contribution in [0.15, 0.2) is 17.1 Å². The second-order valence-electron chi connectivity index (χ2n) is 5.37. The fourth-order valence-corrected chi connectivity index (χ4v) is 4.93. The Bertz CT molecular complexity index is 669. The highest BCUT2D eigenvalue weighted by Gasteiger charge is 2.27. The van der Waals surface area contributed by atoms with E-state index in [4.69, 9.17) is 11.6 Å². The lowest BCUT2D eigenvalue weighted by molar-refractivity contribution is 0.191. The summed E-state index contributed by atoms with van der Waals surface area (Å²) in [6, 6.07) is 3.53. The predicted octanol–water partition coefficient (Wildman–Crippen LogP) is 1.64. The lowest BCUT2D eigenvalue weighted by atomic mass is 10.3. The Labute approximate surface area is 174 Å². The van der Waals surface area contributed by atoms with Gasteiger partial charge < -0.3 is 15.7 Å². The van der Waals surface area contributed by atoms with Gasteiger partial charge in [0.1, 0.15) is 6.10 Å². The minimum Gasteiger partial charge on any atom is -0.386 e. The number of halogens is 2. The fourth-order valence-electron chi connectivity index (χ4n) is 2.36. The van der Waals surface area contributed by atoms with Gasteiger partial charge in [-0.05, 0) is 25.5 Å². The van der Waals surface area contributed by atoms with Crippen LogP contribution in [0.3, 0.4) is 0 Å². The summed E-state index contributed by atoms with van der Waals surface area (Å²) in [7, 11) is -3.07. The van der Waals surface area contributed by atoms with Crippen LogP contribution in [0.2, 0.25) is 4.34 Å². The fraction of sp³-hybridized carbons (Fsp3) is 0.643. The number of nitrogens with zero attached hydrogens (tertiary/aromatic N) is 2. The van der Waals surface area contributed by atoms with Gasteiger partial charge in [-0.1, -0.05) is 11.6 Å². The highest BCUT2D eigenvalue weighted by Crippen LogP contribution is 2.26. The summed E-state index contributed by atoms with van der Waals surface area (Å²) < 4.78 is 25.6. The van der Waals surface area contributed by atoms with Crippen molar-refractivity contribution in [1.29, 1.82) is 0 Å². The largest absolute Gasteiger partial charge is 0.386 e. The molecule has 2 rings (SSSR count). The van der Waals surface area contributed by atoms with Crippen molar-refractivity contribution in [2.45, 2.75) is 19.4 Å². The van der Waals surface area contributed by atoms with E-state index in [2.05, 4.69) is 15.6 Å². The van der Waals surface area contributed by atoms with Crippen LogP contribution in [0.5, 0.6) is 0 Å². The number of sulfonamides is 1. The summed E-state index contributed by atoms with van der Waals surface area (Å²) in [4.78, 5) is 5.11. The summed E-state index contributed by atoms with van der Waals surface area (Å²) >= 11 is 7.19. The van der Waals surface area contributed by atoms with Crippen LogP contribution in [0.25, 0.3) is 0 Å². The van der Waals surface area contributed by atoms with E-state index in [1.165, 1.54) is 15.6 Å². The Morgan fingerprint density at radius 3 is 2.80 bits per heavy atom. The van der Waals surface area contributed by atoms with Crippen LogP contribution in [-0.4, -0.2) is 62.3 Å². The molecule has 0 bridgehead atoms. The molecule has 1 aromatic heterocycles. The lowest BCUT2D eigenvalue weighted by Crippen LogP contribution is -2.42. The van der Waals surface area contributed by atoms with Crippen molar-refractivity contribution in [3.8, 4) is 0 Å². The predicted molar refractivity (Wildman–Crippen MR) is 114 cm³/mol. The molecule has 1 aromatic rings. The molecule has 0 aliphatic carbocycles. The van der Waals surface area contributed by atoms with Crippen molar-refractivity contribution in [1.82, 2.24) is 14.9 Å². The quantitative estimate of drug-likeness (QED) is 0.288. The van der Waals surface area contributed by atoms with Crippen molar-refractivity contribution in [3.05, 3.63) is 21.3 Å². The molecule has 1 saturated heterocycles. The second-order valence-corrected chi connectivity index (χ2v) is 9.21. The van der Waals surface area contributed by atoms with Gasteiger partial charge in [-0.3, -0.25) is 4.99 Å². The number of aliphatic hydroxyl groups is 1. The number of rotatable bonds is 7. The van der Waals surface area contributed by atoms with E-state index in [-0.39, 0.29) is 36.3 Å². The van der Waals surface area contributed by atoms with Crippen LogP contribution in [-0.2, 0) is 10.0 Å². The molecular formula is C14H24ClIN4O3S2. The number of thiophene rings is 1. The Morgan fingerprint density at radius 2 is 2.24 bits per heavy atom. The average molecular weight is 523 g/mol. The number of nitrogens with one attached hydrogen (secondary N) is 2. The van der Waals surface area contributed by atoms with Gasteiger partial charge in [0, 0.05) is 31.1 Å². The van der Waals surface area contributed by atoms with E-state index >= 15 is 0 Å². The number of guanidine groups is 1. The van der Waals surface area contributed by atoms with Crippen LogP contribution >= 0.6 is 46.9 Å². The molecule has 144 valence electrons. The number of hydrogen-bond donors (Lipinski definition) is 3. The molecule has 1 aliphatic heterocycles. The molecule has 25 heavy (non-hydrogen) atoms. The molecule has 0 saturated carbocycles. The summed E-state index contributed by atoms with van der Waals surface area (Å²) in [6.45, 7) is 4.28. The topological polar surface area (TPSA) is 94.0 Å². The average Bonchev–Trinajstić information content (AvgIpc) is 3.10. The maximum atomic E-state index is 11.7. The Kier molecular flexibility index (Phi) is 9.96. The standard InChI is InChI=1S/C14H23ClN4O3S2.HI/c1-2-16-14(17-6-8-19-7-3-9-24(19,21)22)18-10-11(20)12-4-5-13(15)23-12;/h4-5,11,20H,2-3,6-10H2,1H3,(H2,16,17,18);1H. The summed E-state index contributed by atoms with van der Waals surface area (Å²) in [5, 5.41) is 16.3. The zero-order valence-electron chi connectivity index (χ0n) is 13.9. The van der Waals surface area contributed by atoms with Gasteiger partial charge in [-0.2, -0.15) is 0 Å². The highest BCUT2D eigenvalue weighted by atomic mass is 127. The number of aliphatic hydroxyl groups excluding tert-OH is 1.